The number of thioether (sulfide) groups is 1. The number of unbranched alkanes of at least 4 members (excludes halogenated alkanes) is 3. The van der Waals surface area contributed by atoms with Crippen LogP contribution in [0.5, 0.6) is 0 Å². The lowest BCUT2D eigenvalue weighted by Crippen LogP contribution is -2.40. The molecule has 0 saturated carbocycles. The third kappa shape index (κ3) is 2.90. The number of aliphatic imine (C=N–C) groups is 1. The number of ether oxygens (including phenoxy) is 1. The Bertz CT molecular complexity index is 511. The van der Waals surface area contributed by atoms with Crippen molar-refractivity contribution in [2.24, 2.45) is 16.8 Å². The molecule has 0 aromatic heterocycles. The standard InChI is InChI=1S/C18H25NO2S/c1-2-3-4-7-12-21-17(20)14-13-22-18-10-6-5-8-16(18)19-11-9-15(14)18/h5-6,8,11,14-15H,2-4,7,9-10,12-13H2,1H3. The number of esters is 1. The maximum atomic E-state index is 12.5. The van der Waals surface area contributed by atoms with E-state index in [0.717, 1.165) is 37.1 Å². The van der Waals surface area contributed by atoms with Crippen molar-refractivity contribution < 1.29 is 9.53 Å². The average Bonchev–Trinajstić information content (AvgIpc) is 2.92. The van der Waals surface area contributed by atoms with Crippen molar-refractivity contribution in [2.75, 3.05) is 12.4 Å². The minimum atomic E-state index is 0.00933. The minimum absolute atomic E-state index is 0.00933. The van der Waals surface area contributed by atoms with Crippen LogP contribution in [0, 0.1) is 11.8 Å². The van der Waals surface area contributed by atoms with Crippen LogP contribution in [0.15, 0.2) is 28.9 Å². The molecule has 1 fully saturated rings. The highest BCUT2D eigenvalue weighted by Crippen LogP contribution is 2.57. The molecule has 0 radical (unpaired) electrons. The van der Waals surface area contributed by atoms with Crippen LogP contribution in [-0.2, 0) is 9.53 Å². The first-order valence-electron chi connectivity index (χ1n) is 8.48. The highest BCUT2D eigenvalue weighted by Gasteiger charge is 2.54. The number of allylic oxidation sites excluding steroid dienone is 3. The third-order valence-electron chi connectivity index (χ3n) is 4.98. The van der Waals surface area contributed by atoms with Gasteiger partial charge in [-0.05, 0) is 31.3 Å². The fourth-order valence-electron chi connectivity index (χ4n) is 3.72. The van der Waals surface area contributed by atoms with Gasteiger partial charge in [0.1, 0.15) is 0 Å². The molecule has 3 atom stereocenters. The number of hydrogen-bond donors (Lipinski definition) is 0. The van der Waals surface area contributed by atoms with Crippen LogP contribution >= 0.6 is 11.8 Å². The van der Waals surface area contributed by atoms with Crippen molar-refractivity contribution in [3.8, 4) is 0 Å². The minimum Gasteiger partial charge on any atom is -0.465 e. The zero-order chi connectivity index (χ0) is 15.4. The molecule has 0 bridgehead atoms. The van der Waals surface area contributed by atoms with Gasteiger partial charge in [0.05, 0.1) is 23.0 Å². The number of rotatable bonds is 6. The fourth-order valence-corrected chi connectivity index (χ4v) is 5.52. The van der Waals surface area contributed by atoms with E-state index < -0.39 is 0 Å². The van der Waals surface area contributed by atoms with Crippen molar-refractivity contribution >= 4 is 23.9 Å². The molecule has 3 aliphatic rings. The van der Waals surface area contributed by atoms with Crippen LogP contribution in [0.2, 0.25) is 0 Å². The van der Waals surface area contributed by atoms with E-state index in [2.05, 4.69) is 30.1 Å². The molecule has 2 heterocycles. The molecule has 3 rings (SSSR count). The van der Waals surface area contributed by atoms with Crippen LogP contribution in [0.3, 0.4) is 0 Å². The molecule has 0 aromatic carbocycles. The van der Waals surface area contributed by atoms with E-state index in [9.17, 15) is 4.79 Å². The molecule has 3 nitrogen and oxygen atoms in total. The Kier molecular flexibility index (Phi) is 5.07. The van der Waals surface area contributed by atoms with Gasteiger partial charge in [-0.1, -0.05) is 38.3 Å². The van der Waals surface area contributed by atoms with Gasteiger partial charge in [0.2, 0.25) is 0 Å². The van der Waals surface area contributed by atoms with Crippen molar-refractivity contribution in [3.63, 3.8) is 0 Å². The topological polar surface area (TPSA) is 38.7 Å². The molecular weight excluding hydrogens is 294 g/mol. The monoisotopic (exact) mass is 319 g/mol. The largest absolute Gasteiger partial charge is 0.465 e. The summed E-state index contributed by atoms with van der Waals surface area (Å²) < 4.78 is 5.59. The second-order valence-electron chi connectivity index (χ2n) is 6.37. The molecular formula is C18H25NO2S. The maximum Gasteiger partial charge on any atom is 0.310 e. The summed E-state index contributed by atoms with van der Waals surface area (Å²) in [6.45, 7) is 2.77. The van der Waals surface area contributed by atoms with E-state index >= 15 is 0 Å². The Labute approximate surface area is 137 Å². The first-order chi connectivity index (χ1) is 10.8. The summed E-state index contributed by atoms with van der Waals surface area (Å²) in [4.78, 5) is 17.1. The van der Waals surface area contributed by atoms with Gasteiger partial charge >= 0.3 is 5.97 Å². The number of hydrogen-bond acceptors (Lipinski definition) is 4. The molecule has 0 N–H and O–H groups in total. The molecule has 0 aromatic rings. The quantitative estimate of drug-likeness (QED) is 0.545. The molecule has 1 spiro atoms. The molecule has 1 saturated heterocycles. The molecule has 3 unspecified atom stereocenters. The van der Waals surface area contributed by atoms with Gasteiger partial charge in [-0.15, -0.1) is 11.8 Å². The predicted molar refractivity (Wildman–Crippen MR) is 92.2 cm³/mol. The zero-order valence-electron chi connectivity index (χ0n) is 13.3. The van der Waals surface area contributed by atoms with Crippen LogP contribution in [-0.4, -0.2) is 29.3 Å². The molecule has 120 valence electrons. The van der Waals surface area contributed by atoms with Gasteiger partial charge in [0.15, 0.2) is 0 Å². The Morgan fingerprint density at radius 2 is 2.36 bits per heavy atom. The van der Waals surface area contributed by atoms with Gasteiger partial charge < -0.3 is 4.74 Å². The number of nitrogens with zero attached hydrogens (tertiary/aromatic N) is 1. The lowest BCUT2D eigenvalue weighted by atomic mass is 9.74. The van der Waals surface area contributed by atoms with Crippen LogP contribution in [0.25, 0.3) is 0 Å². The van der Waals surface area contributed by atoms with Crippen LogP contribution < -0.4 is 0 Å². The lowest BCUT2D eigenvalue weighted by Gasteiger charge is -2.39. The Morgan fingerprint density at radius 3 is 3.23 bits per heavy atom. The van der Waals surface area contributed by atoms with E-state index in [0.29, 0.717) is 12.5 Å². The molecule has 1 aliphatic carbocycles. The summed E-state index contributed by atoms with van der Waals surface area (Å²) in [5.41, 5.74) is 1.15. The normalized spacial score (nSPS) is 32.3. The van der Waals surface area contributed by atoms with Gasteiger partial charge in [0.25, 0.3) is 0 Å². The second-order valence-corrected chi connectivity index (χ2v) is 7.72. The van der Waals surface area contributed by atoms with Gasteiger partial charge in [-0.3, -0.25) is 9.79 Å². The SMILES string of the molecule is CCCCCCOC(=O)C1CSC23CC=CC=C2N=CCC13. The highest BCUT2D eigenvalue weighted by atomic mass is 32.2. The van der Waals surface area contributed by atoms with Crippen molar-refractivity contribution in [1.29, 1.82) is 0 Å². The zero-order valence-corrected chi connectivity index (χ0v) is 14.1. The Balaban J connectivity index is 1.60. The van der Waals surface area contributed by atoms with Crippen molar-refractivity contribution in [1.82, 2.24) is 0 Å². The lowest BCUT2D eigenvalue weighted by molar-refractivity contribution is -0.149. The Hall–Kier alpha value is -1.03. The number of carbonyl (C=O) groups excluding carboxylic acids is 1. The van der Waals surface area contributed by atoms with Crippen molar-refractivity contribution in [3.05, 3.63) is 23.9 Å². The van der Waals surface area contributed by atoms with E-state index in [1.54, 1.807) is 0 Å². The van der Waals surface area contributed by atoms with Crippen LogP contribution in [0.4, 0.5) is 0 Å². The smallest absolute Gasteiger partial charge is 0.310 e. The third-order valence-corrected chi connectivity index (χ3v) is 6.70. The summed E-state index contributed by atoms with van der Waals surface area (Å²) in [5.74, 6) is 1.25. The van der Waals surface area contributed by atoms with E-state index in [1.807, 2.05) is 18.0 Å². The summed E-state index contributed by atoms with van der Waals surface area (Å²) in [7, 11) is 0. The van der Waals surface area contributed by atoms with Gasteiger partial charge in [-0.2, -0.15) is 0 Å². The van der Waals surface area contributed by atoms with E-state index in [-0.39, 0.29) is 16.6 Å². The van der Waals surface area contributed by atoms with Crippen molar-refractivity contribution in [2.45, 2.75) is 50.2 Å². The molecule has 4 heteroatoms. The first-order valence-corrected chi connectivity index (χ1v) is 9.47. The summed E-state index contributed by atoms with van der Waals surface area (Å²) in [6, 6.07) is 0. The summed E-state index contributed by atoms with van der Waals surface area (Å²) in [6.07, 6.45) is 14.9. The fraction of sp³-hybridized carbons (Fsp3) is 0.667. The second kappa shape index (κ2) is 7.03. The van der Waals surface area contributed by atoms with E-state index in [1.165, 1.54) is 12.8 Å². The predicted octanol–water partition coefficient (Wildman–Crippen LogP) is 4.15. The average molecular weight is 319 g/mol. The summed E-state index contributed by atoms with van der Waals surface area (Å²) in [5, 5.41) is 0. The molecule has 0 amide bonds. The Morgan fingerprint density at radius 1 is 1.45 bits per heavy atom. The summed E-state index contributed by atoms with van der Waals surface area (Å²) >= 11 is 1.91. The maximum absolute atomic E-state index is 12.5. The molecule has 2 aliphatic heterocycles. The highest BCUT2D eigenvalue weighted by molar-refractivity contribution is 8.01. The van der Waals surface area contributed by atoms with Crippen LogP contribution in [0.1, 0.15) is 45.4 Å². The van der Waals surface area contributed by atoms with Gasteiger partial charge in [-0.25, -0.2) is 0 Å². The first kappa shape index (κ1) is 15.9. The number of carbonyl (C=O) groups is 1. The molecule has 22 heavy (non-hydrogen) atoms. The van der Waals surface area contributed by atoms with E-state index in [4.69, 9.17) is 4.74 Å². The van der Waals surface area contributed by atoms with Gasteiger partial charge in [0, 0.05) is 12.0 Å².